The zero-order valence-corrected chi connectivity index (χ0v) is 9.45. The fourth-order valence-electron chi connectivity index (χ4n) is 1.31. The van der Waals surface area contributed by atoms with Gasteiger partial charge >= 0.3 is 0 Å². The van der Waals surface area contributed by atoms with Gasteiger partial charge in [-0.15, -0.1) is 0 Å². The van der Waals surface area contributed by atoms with Gasteiger partial charge in [0.2, 0.25) is 0 Å². The molecule has 1 aromatic heterocycles. The fourth-order valence-corrected chi connectivity index (χ4v) is 1.31. The number of carbonyl (C=O) groups is 1. The summed E-state index contributed by atoms with van der Waals surface area (Å²) < 4.78 is 0. The van der Waals surface area contributed by atoms with E-state index in [1.54, 1.807) is 25.4 Å². The second kappa shape index (κ2) is 5.46. The first-order valence-electron chi connectivity index (χ1n) is 4.96. The summed E-state index contributed by atoms with van der Waals surface area (Å²) in [4.78, 5) is 17.8. The highest BCUT2D eigenvalue weighted by atomic mass is 16.1. The predicted molar refractivity (Wildman–Crippen MR) is 59.9 cm³/mol. The van der Waals surface area contributed by atoms with E-state index in [4.69, 9.17) is 0 Å². The maximum Gasteiger partial charge on any atom is 0.252 e. The number of nitrogens with zero attached hydrogens (tertiary/aromatic N) is 2. The number of pyridine rings is 1. The first-order chi connectivity index (χ1) is 7.15. The fraction of sp³-hybridized carbons (Fsp3) is 0.455. The summed E-state index contributed by atoms with van der Waals surface area (Å²) in [6.45, 7) is 0.890. The number of likely N-dealkylation sites (N-methyl/N-ethyl adjacent to an activating group) is 1. The first-order valence-corrected chi connectivity index (χ1v) is 4.96. The minimum Gasteiger partial charge on any atom is -0.355 e. The zero-order chi connectivity index (χ0) is 11.3. The third-order valence-corrected chi connectivity index (χ3v) is 2.16. The van der Waals surface area contributed by atoms with Gasteiger partial charge in [-0.05, 0) is 26.2 Å². The third-order valence-electron chi connectivity index (χ3n) is 2.16. The molecule has 0 aromatic carbocycles. The van der Waals surface area contributed by atoms with E-state index in [1.165, 1.54) is 0 Å². The van der Waals surface area contributed by atoms with Gasteiger partial charge < -0.3 is 10.2 Å². The summed E-state index contributed by atoms with van der Waals surface area (Å²) in [6, 6.07) is 3.58. The standard InChI is InChI=1S/C11H17N3O/c1-12-11(15)9-5-4-7-13-10(9)6-8-14(2)3/h4-5,7H,6,8H2,1-3H3,(H,12,15). The minimum atomic E-state index is -0.0724. The van der Waals surface area contributed by atoms with Gasteiger partial charge in [-0.3, -0.25) is 9.78 Å². The van der Waals surface area contributed by atoms with Crippen molar-refractivity contribution in [2.24, 2.45) is 0 Å². The topological polar surface area (TPSA) is 45.2 Å². The molecule has 0 radical (unpaired) electrons. The molecule has 4 nitrogen and oxygen atoms in total. The van der Waals surface area contributed by atoms with Gasteiger partial charge in [0.05, 0.1) is 11.3 Å². The van der Waals surface area contributed by atoms with E-state index in [2.05, 4.69) is 15.2 Å². The van der Waals surface area contributed by atoms with E-state index in [0.717, 1.165) is 18.7 Å². The Morgan fingerprint density at radius 2 is 2.27 bits per heavy atom. The highest BCUT2D eigenvalue weighted by Crippen LogP contribution is 2.06. The van der Waals surface area contributed by atoms with E-state index < -0.39 is 0 Å². The molecule has 4 heteroatoms. The lowest BCUT2D eigenvalue weighted by Gasteiger charge is -2.11. The summed E-state index contributed by atoms with van der Waals surface area (Å²) in [6.07, 6.45) is 2.51. The molecule has 82 valence electrons. The molecule has 1 N–H and O–H groups in total. The number of hydrogen-bond donors (Lipinski definition) is 1. The lowest BCUT2D eigenvalue weighted by Crippen LogP contribution is -2.22. The second-order valence-electron chi connectivity index (χ2n) is 3.63. The largest absolute Gasteiger partial charge is 0.355 e. The summed E-state index contributed by atoms with van der Waals surface area (Å²) >= 11 is 0. The highest BCUT2D eigenvalue weighted by molar-refractivity contribution is 5.94. The lowest BCUT2D eigenvalue weighted by molar-refractivity contribution is 0.0961. The van der Waals surface area contributed by atoms with Crippen molar-refractivity contribution in [1.82, 2.24) is 15.2 Å². The Balaban J connectivity index is 2.81. The molecule has 0 unspecified atom stereocenters. The molecule has 0 aliphatic rings. The van der Waals surface area contributed by atoms with Gasteiger partial charge in [0.25, 0.3) is 5.91 Å². The van der Waals surface area contributed by atoms with Crippen LogP contribution in [0.15, 0.2) is 18.3 Å². The molecule has 0 aliphatic carbocycles. The summed E-state index contributed by atoms with van der Waals surface area (Å²) in [5, 5.41) is 2.62. The normalized spacial score (nSPS) is 10.4. The Hall–Kier alpha value is -1.42. The zero-order valence-electron chi connectivity index (χ0n) is 9.45. The van der Waals surface area contributed by atoms with Crippen LogP contribution in [0.25, 0.3) is 0 Å². The van der Waals surface area contributed by atoms with E-state index >= 15 is 0 Å². The summed E-state index contributed by atoms with van der Waals surface area (Å²) in [5.41, 5.74) is 1.52. The van der Waals surface area contributed by atoms with Gasteiger partial charge in [0.1, 0.15) is 0 Å². The molecule has 0 saturated heterocycles. The van der Waals surface area contributed by atoms with Crippen LogP contribution in [-0.2, 0) is 6.42 Å². The molecular weight excluding hydrogens is 190 g/mol. The molecule has 0 bridgehead atoms. The smallest absolute Gasteiger partial charge is 0.252 e. The number of aromatic nitrogens is 1. The maximum atomic E-state index is 11.5. The van der Waals surface area contributed by atoms with E-state index in [0.29, 0.717) is 5.56 Å². The van der Waals surface area contributed by atoms with Crippen molar-refractivity contribution in [2.45, 2.75) is 6.42 Å². The number of hydrogen-bond acceptors (Lipinski definition) is 3. The molecule has 0 fully saturated rings. The van der Waals surface area contributed by atoms with Crippen molar-refractivity contribution in [3.05, 3.63) is 29.6 Å². The van der Waals surface area contributed by atoms with Crippen LogP contribution in [-0.4, -0.2) is 43.5 Å². The average molecular weight is 207 g/mol. The van der Waals surface area contributed by atoms with E-state index in [1.807, 2.05) is 14.1 Å². The molecule has 1 rings (SSSR count). The number of amides is 1. The van der Waals surface area contributed by atoms with Crippen LogP contribution < -0.4 is 5.32 Å². The van der Waals surface area contributed by atoms with Crippen molar-refractivity contribution in [1.29, 1.82) is 0 Å². The molecule has 0 atom stereocenters. The molecular formula is C11H17N3O. The highest BCUT2D eigenvalue weighted by Gasteiger charge is 2.09. The van der Waals surface area contributed by atoms with Gasteiger partial charge in [-0.1, -0.05) is 0 Å². The number of nitrogens with one attached hydrogen (secondary N) is 1. The predicted octanol–water partition coefficient (Wildman–Crippen LogP) is 0.545. The average Bonchev–Trinajstić information content (AvgIpc) is 2.25. The summed E-state index contributed by atoms with van der Waals surface area (Å²) in [7, 11) is 5.63. The van der Waals surface area contributed by atoms with Gasteiger partial charge in [0.15, 0.2) is 0 Å². The van der Waals surface area contributed by atoms with Crippen LogP contribution in [0.2, 0.25) is 0 Å². The van der Waals surface area contributed by atoms with Crippen molar-refractivity contribution < 1.29 is 4.79 Å². The van der Waals surface area contributed by atoms with Crippen LogP contribution in [0.3, 0.4) is 0 Å². The van der Waals surface area contributed by atoms with Crippen molar-refractivity contribution in [3.8, 4) is 0 Å². The lowest BCUT2D eigenvalue weighted by atomic mass is 10.1. The molecule has 0 saturated carbocycles. The molecule has 0 spiro atoms. The minimum absolute atomic E-state index is 0.0724. The van der Waals surface area contributed by atoms with Crippen LogP contribution in [0, 0.1) is 0 Å². The Bertz CT molecular complexity index is 336. The van der Waals surface area contributed by atoms with Crippen molar-refractivity contribution in [2.75, 3.05) is 27.7 Å². The molecule has 1 heterocycles. The van der Waals surface area contributed by atoms with Crippen molar-refractivity contribution >= 4 is 5.91 Å². The number of rotatable bonds is 4. The van der Waals surface area contributed by atoms with E-state index in [-0.39, 0.29) is 5.91 Å². The Kier molecular flexibility index (Phi) is 4.24. The van der Waals surface area contributed by atoms with E-state index in [9.17, 15) is 4.79 Å². The van der Waals surface area contributed by atoms with Crippen molar-refractivity contribution in [3.63, 3.8) is 0 Å². The van der Waals surface area contributed by atoms with Crippen LogP contribution in [0.1, 0.15) is 16.1 Å². The molecule has 1 aromatic rings. The van der Waals surface area contributed by atoms with Crippen LogP contribution in [0.4, 0.5) is 0 Å². The molecule has 1 amide bonds. The molecule has 15 heavy (non-hydrogen) atoms. The van der Waals surface area contributed by atoms with Crippen LogP contribution in [0.5, 0.6) is 0 Å². The third kappa shape index (κ3) is 3.32. The Morgan fingerprint density at radius 1 is 1.53 bits per heavy atom. The monoisotopic (exact) mass is 207 g/mol. The Morgan fingerprint density at radius 3 is 2.87 bits per heavy atom. The maximum absolute atomic E-state index is 11.5. The summed E-state index contributed by atoms with van der Waals surface area (Å²) in [5.74, 6) is -0.0724. The SMILES string of the molecule is CNC(=O)c1cccnc1CCN(C)C. The second-order valence-corrected chi connectivity index (χ2v) is 3.63. The van der Waals surface area contributed by atoms with Crippen LogP contribution >= 0.6 is 0 Å². The van der Waals surface area contributed by atoms with Gasteiger partial charge in [0, 0.05) is 26.2 Å². The number of carbonyl (C=O) groups excluding carboxylic acids is 1. The Labute approximate surface area is 90.3 Å². The quantitative estimate of drug-likeness (QED) is 0.784. The first kappa shape index (κ1) is 11.7. The van der Waals surface area contributed by atoms with Gasteiger partial charge in [-0.25, -0.2) is 0 Å². The molecule has 0 aliphatic heterocycles. The van der Waals surface area contributed by atoms with Gasteiger partial charge in [-0.2, -0.15) is 0 Å².